The summed E-state index contributed by atoms with van der Waals surface area (Å²) in [5.41, 5.74) is 0.862. The van der Waals surface area contributed by atoms with Gasteiger partial charge in [0.15, 0.2) is 0 Å². The first kappa shape index (κ1) is 16.7. The normalized spacial score (nSPS) is 18.5. The van der Waals surface area contributed by atoms with E-state index in [4.69, 9.17) is 9.47 Å². The SMILES string of the molecule is COc1ccc(C)cc1S(=O)(=O)N1CC[C@@H](Oc2cnccn2)C1. The third-order valence-electron chi connectivity index (χ3n) is 3.87. The first-order chi connectivity index (χ1) is 11.5. The van der Waals surface area contributed by atoms with Crippen LogP contribution in [0.15, 0.2) is 41.7 Å². The predicted molar refractivity (Wildman–Crippen MR) is 87.6 cm³/mol. The van der Waals surface area contributed by atoms with Gasteiger partial charge in [-0.2, -0.15) is 4.31 Å². The Balaban J connectivity index is 1.78. The summed E-state index contributed by atoms with van der Waals surface area (Å²) in [6.45, 7) is 2.52. The van der Waals surface area contributed by atoms with E-state index in [0.29, 0.717) is 24.6 Å². The molecule has 0 aliphatic carbocycles. The van der Waals surface area contributed by atoms with Crippen molar-refractivity contribution in [2.75, 3.05) is 20.2 Å². The molecule has 1 aliphatic heterocycles. The number of methoxy groups -OCH3 is 1. The summed E-state index contributed by atoms with van der Waals surface area (Å²) in [5.74, 6) is 0.744. The van der Waals surface area contributed by atoms with Crippen molar-refractivity contribution in [2.24, 2.45) is 0 Å². The van der Waals surface area contributed by atoms with E-state index in [1.165, 1.54) is 23.8 Å². The monoisotopic (exact) mass is 349 g/mol. The van der Waals surface area contributed by atoms with Gasteiger partial charge in [-0.05, 0) is 31.0 Å². The van der Waals surface area contributed by atoms with Gasteiger partial charge in [0.25, 0.3) is 0 Å². The average Bonchev–Trinajstić information content (AvgIpc) is 3.05. The zero-order chi connectivity index (χ0) is 17.2. The fraction of sp³-hybridized carbons (Fsp3) is 0.375. The largest absolute Gasteiger partial charge is 0.495 e. The molecule has 24 heavy (non-hydrogen) atoms. The van der Waals surface area contributed by atoms with Gasteiger partial charge in [-0.15, -0.1) is 0 Å². The second kappa shape index (κ2) is 6.74. The van der Waals surface area contributed by atoms with Gasteiger partial charge in [0.1, 0.15) is 16.7 Å². The van der Waals surface area contributed by atoms with Crippen molar-refractivity contribution < 1.29 is 17.9 Å². The third-order valence-corrected chi connectivity index (χ3v) is 5.76. The predicted octanol–water partition coefficient (Wildman–Crippen LogP) is 1.64. The van der Waals surface area contributed by atoms with Gasteiger partial charge in [-0.25, -0.2) is 13.4 Å². The van der Waals surface area contributed by atoms with E-state index < -0.39 is 10.0 Å². The highest BCUT2D eigenvalue weighted by Gasteiger charge is 2.35. The molecule has 8 heteroatoms. The highest BCUT2D eigenvalue weighted by molar-refractivity contribution is 7.89. The highest BCUT2D eigenvalue weighted by atomic mass is 32.2. The minimum Gasteiger partial charge on any atom is -0.495 e. The summed E-state index contributed by atoms with van der Waals surface area (Å²) >= 11 is 0. The van der Waals surface area contributed by atoms with Crippen LogP contribution in [0.25, 0.3) is 0 Å². The maximum absolute atomic E-state index is 12.9. The molecule has 2 aromatic rings. The molecule has 0 bridgehead atoms. The lowest BCUT2D eigenvalue weighted by Gasteiger charge is -2.19. The molecule has 1 aromatic carbocycles. The summed E-state index contributed by atoms with van der Waals surface area (Å²) < 4.78 is 38.2. The van der Waals surface area contributed by atoms with Gasteiger partial charge in [0, 0.05) is 18.9 Å². The lowest BCUT2D eigenvalue weighted by Crippen LogP contribution is -2.31. The van der Waals surface area contributed by atoms with Crippen LogP contribution in [0.2, 0.25) is 0 Å². The molecule has 0 amide bonds. The second-order valence-electron chi connectivity index (χ2n) is 5.59. The molecule has 1 aliphatic rings. The van der Waals surface area contributed by atoms with Crippen LogP contribution < -0.4 is 9.47 Å². The number of aryl methyl sites for hydroxylation is 1. The van der Waals surface area contributed by atoms with Crippen molar-refractivity contribution in [3.8, 4) is 11.6 Å². The molecule has 1 saturated heterocycles. The van der Waals surface area contributed by atoms with Crippen molar-refractivity contribution in [1.29, 1.82) is 0 Å². The van der Waals surface area contributed by atoms with Crippen LogP contribution in [-0.4, -0.2) is 49.0 Å². The molecule has 2 heterocycles. The first-order valence-corrected chi connectivity index (χ1v) is 9.02. The highest BCUT2D eigenvalue weighted by Crippen LogP contribution is 2.30. The van der Waals surface area contributed by atoms with Crippen LogP contribution in [0.5, 0.6) is 11.6 Å². The molecule has 1 atom stereocenters. The number of aromatic nitrogens is 2. The van der Waals surface area contributed by atoms with Crippen LogP contribution in [0.3, 0.4) is 0 Å². The molecule has 1 fully saturated rings. The lowest BCUT2D eigenvalue weighted by molar-refractivity contribution is 0.206. The topological polar surface area (TPSA) is 81.6 Å². The van der Waals surface area contributed by atoms with Crippen molar-refractivity contribution >= 4 is 10.0 Å². The minimum absolute atomic E-state index is 0.185. The maximum atomic E-state index is 12.9. The summed E-state index contributed by atoms with van der Waals surface area (Å²) in [4.78, 5) is 8.18. The minimum atomic E-state index is -3.64. The molecule has 0 unspecified atom stereocenters. The third kappa shape index (κ3) is 3.34. The molecule has 0 radical (unpaired) electrons. The number of sulfonamides is 1. The number of hydrogen-bond donors (Lipinski definition) is 0. The molecule has 128 valence electrons. The quantitative estimate of drug-likeness (QED) is 0.816. The number of rotatable bonds is 5. The van der Waals surface area contributed by atoms with Crippen molar-refractivity contribution in [3.63, 3.8) is 0 Å². The molecule has 7 nitrogen and oxygen atoms in total. The van der Waals surface area contributed by atoms with Crippen LogP contribution >= 0.6 is 0 Å². The van der Waals surface area contributed by atoms with Gasteiger partial charge in [0.05, 0.1) is 19.9 Å². The molecule has 3 rings (SSSR count). The Labute approximate surface area is 141 Å². The fourth-order valence-corrected chi connectivity index (χ4v) is 4.38. The van der Waals surface area contributed by atoms with E-state index in [1.54, 1.807) is 18.3 Å². The second-order valence-corrected chi connectivity index (χ2v) is 7.50. The van der Waals surface area contributed by atoms with E-state index in [0.717, 1.165) is 5.56 Å². The van der Waals surface area contributed by atoms with Crippen molar-refractivity contribution in [3.05, 3.63) is 42.4 Å². The van der Waals surface area contributed by atoms with Crippen molar-refractivity contribution in [1.82, 2.24) is 14.3 Å². The Morgan fingerprint density at radius 2 is 2.12 bits per heavy atom. The molecule has 1 aromatic heterocycles. The standard InChI is InChI=1S/C16H19N3O4S/c1-12-3-4-14(22-2)15(9-12)24(20,21)19-8-5-13(11-19)23-16-10-17-6-7-18-16/h3-4,6-7,9-10,13H,5,8,11H2,1-2H3/t13-/m1/s1. The number of ether oxygens (including phenoxy) is 2. The van der Waals surface area contributed by atoms with E-state index >= 15 is 0 Å². The van der Waals surface area contributed by atoms with E-state index in [9.17, 15) is 8.42 Å². The molecule has 0 saturated carbocycles. The van der Waals surface area contributed by atoms with Crippen LogP contribution in [0, 0.1) is 6.92 Å². The first-order valence-electron chi connectivity index (χ1n) is 7.58. The summed E-state index contributed by atoms with van der Waals surface area (Å²) in [7, 11) is -2.17. The number of hydrogen-bond acceptors (Lipinski definition) is 6. The molecular weight excluding hydrogens is 330 g/mol. The molecule has 0 N–H and O–H groups in total. The van der Waals surface area contributed by atoms with Crippen molar-refractivity contribution in [2.45, 2.75) is 24.3 Å². The summed E-state index contributed by atoms with van der Waals surface area (Å²) in [5, 5.41) is 0. The Morgan fingerprint density at radius 3 is 2.83 bits per heavy atom. The van der Waals surface area contributed by atoms with Gasteiger partial charge in [-0.1, -0.05) is 6.07 Å². The smallest absolute Gasteiger partial charge is 0.246 e. The van der Waals surface area contributed by atoms with E-state index in [-0.39, 0.29) is 17.5 Å². The Hall–Kier alpha value is -2.19. The van der Waals surface area contributed by atoms with E-state index in [2.05, 4.69) is 9.97 Å². The van der Waals surface area contributed by atoms with Crippen LogP contribution in [0.4, 0.5) is 0 Å². The zero-order valence-corrected chi connectivity index (χ0v) is 14.4. The van der Waals surface area contributed by atoms with Crippen LogP contribution in [0.1, 0.15) is 12.0 Å². The van der Waals surface area contributed by atoms with Gasteiger partial charge >= 0.3 is 0 Å². The average molecular weight is 349 g/mol. The van der Waals surface area contributed by atoms with Gasteiger partial charge in [0.2, 0.25) is 15.9 Å². The van der Waals surface area contributed by atoms with Crippen LogP contribution in [-0.2, 0) is 10.0 Å². The fourth-order valence-electron chi connectivity index (χ4n) is 2.65. The summed E-state index contributed by atoms with van der Waals surface area (Å²) in [6, 6.07) is 5.12. The maximum Gasteiger partial charge on any atom is 0.246 e. The summed E-state index contributed by atoms with van der Waals surface area (Å²) in [6.07, 6.45) is 4.97. The Bertz CT molecular complexity index is 811. The Kier molecular flexibility index (Phi) is 4.68. The zero-order valence-electron chi connectivity index (χ0n) is 13.5. The Morgan fingerprint density at radius 1 is 1.29 bits per heavy atom. The van der Waals surface area contributed by atoms with Gasteiger partial charge < -0.3 is 9.47 Å². The number of nitrogens with zero attached hydrogens (tertiary/aromatic N) is 3. The van der Waals surface area contributed by atoms with Gasteiger partial charge in [-0.3, -0.25) is 4.98 Å². The number of benzene rings is 1. The lowest BCUT2D eigenvalue weighted by atomic mass is 10.2. The molecular formula is C16H19N3O4S. The molecule has 0 spiro atoms. The van der Waals surface area contributed by atoms with E-state index in [1.807, 2.05) is 13.0 Å².